The number of anilines is 1. The number of pyridine rings is 2. The molecule has 0 bridgehead atoms. The molecule has 0 unspecified atom stereocenters. The Labute approximate surface area is 242 Å². The molecule has 4 amide bonds. The minimum Gasteiger partial charge on any atom is -0.497 e. The standard InChI is InChI=1S/C30H29N7O5/c1-41-21-5-3-20-17-37(27(38)22(20)15-21)18-30(28(39)34-29(40)35-30)10-9-24-25(42-2)7-6-23(33-24)19-4-8-26(32-16-19)36-13-11-31-12-14-36/h3-8,15-16,31H,11-14,17-18H2,1-2H3,(H2,34,35,39,40)/t30-/m1/s1. The highest BCUT2D eigenvalue weighted by Gasteiger charge is 2.48. The van der Waals surface area contributed by atoms with Gasteiger partial charge in [0.05, 0.1) is 26.5 Å². The summed E-state index contributed by atoms with van der Waals surface area (Å²) in [6.07, 6.45) is 1.77. The lowest BCUT2D eigenvalue weighted by atomic mass is 9.99. The largest absolute Gasteiger partial charge is 0.497 e. The summed E-state index contributed by atoms with van der Waals surface area (Å²) in [5.41, 5.74) is 1.27. The minimum atomic E-state index is -1.69. The zero-order valence-electron chi connectivity index (χ0n) is 23.2. The molecular formula is C30H29N7O5. The number of nitrogens with zero attached hydrogens (tertiary/aromatic N) is 4. The van der Waals surface area contributed by atoms with Gasteiger partial charge >= 0.3 is 6.03 Å². The summed E-state index contributed by atoms with van der Waals surface area (Å²) in [5, 5.41) is 8.21. The van der Waals surface area contributed by atoms with Crippen LogP contribution in [0.1, 0.15) is 21.6 Å². The van der Waals surface area contributed by atoms with Crippen LogP contribution in [0, 0.1) is 11.8 Å². The fraction of sp³-hybridized carbons (Fsp3) is 0.300. The lowest BCUT2D eigenvalue weighted by Crippen LogP contribution is -2.54. The normalized spacial score (nSPS) is 19.5. The highest BCUT2D eigenvalue weighted by atomic mass is 16.5. The van der Waals surface area contributed by atoms with Crippen LogP contribution in [0.25, 0.3) is 11.3 Å². The lowest BCUT2D eigenvalue weighted by Gasteiger charge is -2.28. The number of rotatable bonds is 6. The molecule has 1 atom stereocenters. The number of methoxy groups -OCH3 is 2. The molecule has 42 heavy (non-hydrogen) atoms. The van der Waals surface area contributed by atoms with E-state index in [-0.39, 0.29) is 24.7 Å². The predicted octanol–water partition coefficient (Wildman–Crippen LogP) is 1.16. The molecule has 2 fully saturated rings. The lowest BCUT2D eigenvalue weighted by molar-refractivity contribution is -0.122. The van der Waals surface area contributed by atoms with Crippen LogP contribution in [0.2, 0.25) is 0 Å². The van der Waals surface area contributed by atoms with Crippen molar-refractivity contribution in [3.05, 3.63) is 65.5 Å². The number of ether oxygens (including phenoxy) is 2. The van der Waals surface area contributed by atoms with Crippen LogP contribution in [-0.4, -0.2) is 85.2 Å². The molecule has 3 N–H and O–H groups in total. The van der Waals surface area contributed by atoms with E-state index < -0.39 is 17.5 Å². The zero-order chi connectivity index (χ0) is 29.3. The summed E-state index contributed by atoms with van der Waals surface area (Å²) in [4.78, 5) is 51.6. The molecule has 0 radical (unpaired) electrons. The highest BCUT2D eigenvalue weighted by molar-refractivity contribution is 6.10. The Kier molecular flexibility index (Phi) is 7.10. The van der Waals surface area contributed by atoms with Crippen LogP contribution in [0.3, 0.4) is 0 Å². The summed E-state index contributed by atoms with van der Waals surface area (Å²) in [6, 6.07) is 12.0. The van der Waals surface area contributed by atoms with E-state index in [2.05, 4.69) is 42.7 Å². The van der Waals surface area contributed by atoms with Crippen molar-refractivity contribution in [1.29, 1.82) is 0 Å². The van der Waals surface area contributed by atoms with E-state index >= 15 is 0 Å². The maximum atomic E-state index is 13.2. The van der Waals surface area contributed by atoms with Crippen molar-refractivity contribution in [2.75, 3.05) is 51.8 Å². The molecule has 0 spiro atoms. The van der Waals surface area contributed by atoms with Gasteiger partial charge in [-0.25, -0.2) is 14.8 Å². The third-order valence-corrected chi connectivity index (χ3v) is 7.52. The van der Waals surface area contributed by atoms with Gasteiger partial charge in [0.15, 0.2) is 11.4 Å². The molecule has 1 aromatic carbocycles. The first kappa shape index (κ1) is 27.0. The number of imide groups is 1. The summed E-state index contributed by atoms with van der Waals surface area (Å²) in [6.45, 7) is 3.72. The monoisotopic (exact) mass is 567 g/mol. The Morgan fingerprint density at radius 3 is 2.55 bits per heavy atom. The van der Waals surface area contributed by atoms with Gasteiger partial charge in [-0.15, -0.1) is 0 Å². The van der Waals surface area contributed by atoms with Gasteiger partial charge in [-0.05, 0) is 47.9 Å². The first-order chi connectivity index (χ1) is 20.4. The second-order valence-corrected chi connectivity index (χ2v) is 10.1. The van der Waals surface area contributed by atoms with E-state index in [9.17, 15) is 14.4 Å². The number of urea groups is 1. The van der Waals surface area contributed by atoms with Crippen molar-refractivity contribution < 1.29 is 23.9 Å². The Balaban J connectivity index is 1.29. The Morgan fingerprint density at radius 2 is 1.86 bits per heavy atom. The highest BCUT2D eigenvalue weighted by Crippen LogP contribution is 2.29. The molecule has 12 nitrogen and oxygen atoms in total. The first-order valence-corrected chi connectivity index (χ1v) is 13.5. The third kappa shape index (κ3) is 5.06. The molecule has 6 rings (SSSR count). The van der Waals surface area contributed by atoms with Gasteiger partial charge in [-0.2, -0.15) is 0 Å². The van der Waals surface area contributed by atoms with E-state index in [1.807, 2.05) is 18.2 Å². The number of amides is 4. The number of fused-ring (bicyclic) bond motifs is 1. The van der Waals surface area contributed by atoms with Crippen molar-refractivity contribution in [2.24, 2.45) is 0 Å². The number of benzene rings is 1. The van der Waals surface area contributed by atoms with Crippen molar-refractivity contribution in [2.45, 2.75) is 12.1 Å². The van der Waals surface area contributed by atoms with Crippen molar-refractivity contribution in [1.82, 2.24) is 30.8 Å². The summed E-state index contributed by atoms with van der Waals surface area (Å²) >= 11 is 0. The Bertz CT molecular complexity index is 1630. The maximum absolute atomic E-state index is 13.2. The SMILES string of the molecule is COc1ccc2c(c1)C(=O)N(C[C@@]1(C#Cc3nc(-c4ccc(N5CCNCC5)nc4)ccc3OC)NC(=O)NC1=O)C2. The Morgan fingerprint density at radius 1 is 1.02 bits per heavy atom. The maximum Gasteiger partial charge on any atom is 0.323 e. The molecule has 214 valence electrons. The van der Waals surface area contributed by atoms with Crippen molar-refractivity contribution in [3.8, 4) is 34.6 Å². The molecule has 12 heteroatoms. The van der Waals surface area contributed by atoms with E-state index in [4.69, 9.17) is 9.47 Å². The number of nitrogens with one attached hydrogen (secondary N) is 3. The van der Waals surface area contributed by atoms with E-state index in [1.165, 1.54) is 19.1 Å². The molecule has 0 aliphatic carbocycles. The van der Waals surface area contributed by atoms with Gasteiger partial charge in [0.2, 0.25) is 5.54 Å². The Hall–Kier alpha value is -5.15. The van der Waals surface area contributed by atoms with E-state index in [0.717, 1.165) is 43.1 Å². The summed E-state index contributed by atoms with van der Waals surface area (Å²) in [5.74, 6) is 6.77. The van der Waals surface area contributed by atoms with Crippen LogP contribution in [0.4, 0.5) is 10.6 Å². The molecular weight excluding hydrogens is 538 g/mol. The fourth-order valence-electron chi connectivity index (χ4n) is 5.26. The van der Waals surface area contributed by atoms with Gasteiger partial charge < -0.3 is 29.9 Å². The van der Waals surface area contributed by atoms with Crippen molar-refractivity contribution >= 4 is 23.7 Å². The second-order valence-electron chi connectivity index (χ2n) is 10.1. The third-order valence-electron chi connectivity index (χ3n) is 7.52. The van der Waals surface area contributed by atoms with E-state index in [0.29, 0.717) is 22.8 Å². The average Bonchev–Trinajstić information content (AvgIpc) is 3.49. The molecule has 3 aromatic rings. The quantitative estimate of drug-likeness (QED) is 0.296. The smallest absolute Gasteiger partial charge is 0.323 e. The van der Waals surface area contributed by atoms with Gasteiger partial charge in [0.25, 0.3) is 11.8 Å². The molecule has 2 aromatic heterocycles. The summed E-state index contributed by atoms with van der Waals surface area (Å²) in [7, 11) is 3.03. The number of hydrogen-bond donors (Lipinski definition) is 3. The van der Waals surface area contributed by atoms with Crippen LogP contribution in [0.5, 0.6) is 11.5 Å². The van der Waals surface area contributed by atoms with Crippen LogP contribution < -0.4 is 30.3 Å². The zero-order valence-corrected chi connectivity index (χ0v) is 23.2. The van der Waals surface area contributed by atoms with Gasteiger partial charge in [0.1, 0.15) is 11.6 Å². The van der Waals surface area contributed by atoms with Crippen LogP contribution >= 0.6 is 0 Å². The average molecular weight is 568 g/mol. The minimum absolute atomic E-state index is 0.160. The van der Waals surface area contributed by atoms with E-state index in [1.54, 1.807) is 30.5 Å². The second kappa shape index (κ2) is 11.0. The topological polar surface area (TPSA) is 138 Å². The van der Waals surface area contributed by atoms with Gasteiger partial charge in [0, 0.05) is 50.0 Å². The van der Waals surface area contributed by atoms with Gasteiger partial charge in [-0.1, -0.05) is 12.0 Å². The number of carbonyl (C=O) groups excluding carboxylic acids is 3. The molecule has 5 heterocycles. The molecule has 0 saturated carbocycles. The number of aromatic nitrogens is 2. The summed E-state index contributed by atoms with van der Waals surface area (Å²) < 4.78 is 10.7. The molecule has 3 aliphatic rings. The number of hydrogen-bond acceptors (Lipinski definition) is 9. The van der Waals surface area contributed by atoms with Crippen molar-refractivity contribution in [3.63, 3.8) is 0 Å². The van der Waals surface area contributed by atoms with Crippen LogP contribution in [-0.2, 0) is 11.3 Å². The van der Waals surface area contributed by atoms with Gasteiger partial charge in [-0.3, -0.25) is 14.9 Å². The van der Waals surface area contributed by atoms with Crippen LogP contribution in [0.15, 0.2) is 48.7 Å². The fourth-order valence-corrected chi connectivity index (χ4v) is 5.26. The number of piperazine rings is 1. The number of carbonyl (C=O) groups is 3. The predicted molar refractivity (Wildman–Crippen MR) is 153 cm³/mol. The first-order valence-electron chi connectivity index (χ1n) is 13.5. The molecule has 2 saturated heterocycles. The molecule has 3 aliphatic heterocycles.